The van der Waals surface area contributed by atoms with E-state index in [0.29, 0.717) is 38.5 Å². The van der Waals surface area contributed by atoms with E-state index in [1.807, 2.05) is 18.9 Å². The quantitative estimate of drug-likeness (QED) is 0.748. The van der Waals surface area contributed by atoms with Crippen molar-refractivity contribution in [3.8, 4) is 0 Å². The van der Waals surface area contributed by atoms with Crippen LogP contribution < -0.4 is 10.2 Å². The Morgan fingerprint density at radius 1 is 1.36 bits per heavy atom. The van der Waals surface area contributed by atoms with E-state index in [0.717, 1.165) is 18.5 Å². The molecule has 1 atom stereocenters. The van der Waals surface area contributed by atoms with Crippen LogP contribution in [-0.2, 0) is 14.3 Å². The summed E-state index contributed by atoms with van der Waals surface area (Å²) in [6, 6.07) is 4.74. The van der Waals surface area contributed by atoms with E-state index in [9.17, 15) is 14.7 Å². The largest absolute Gasteiger partial charge is 0.478 e. The fourth-order valence-electron chi connectivity index (χ4n) is 2.70. The molecule has 138 valence electrons. The van der Waals surface area contributed by atoms with Gasteiger partial charge in [-0.15, -0.1) is 0 Å². The molecule has 0 radical (unpaired) electrons. The number of carbonyl (C=O) groups excluding carboxylic acids is 1. The van der Waals surface area contributed by atoms with E-state index in [2.05, 4.69) is 5.32 Å². The SMILES string of the molecule is CCCCC(=O)Nc1cc(C(=O)O)ccc1N(C)CC1COCCO1. The van der Waals surface area contributed by atoms with Gasteiger partial charge in [0.2, 0.25) is 5.91 Å². The van der Waals surface area contributed by atoms with Gasteiger partial charge in [0.1, 0.15) is 0 Å². The van der Waals surface area contributed by atoms with Gasteiger partial charge in [-0.25, -0.2) is 4.79 Å². The van der Waals surface area contributed by atoms with Crippen LogP contribution >= 0.6 is 0 Å². The Balaban J connectivity index is 2.16. The number of ether oxygens (including phenoxy) is 2. The highest BCUT2D eigenvalue weighted by Gasteiger charge is 2.19. The lowest BCUT2D eigenvalue weighted by atomic mass is 10.1. The minimum Gasteiger partial charge on any atom is -0.478 e. The number of rotatable bonds is 8. The number of nitrogens with zero attached hydrogens (tertiary/aromatic N) is 1. The number of unbranched alkanes of at least 4 members (excludes halogenated alkanes) is 1. The third-order valence-electron chi connectivity index (χ3n) is 4.05. The number of benzene rings is 1. The number of anilines is 2. The Labute approximate surface area is 147 Å². The van der Waals surface area contributed by atoms with E-state index in [1.54, 1.807) is 6.07 Å². The molecule has 1 fully saturated rings. The molecule has 2 rings (SSSR count). The zero-order valence-corrected chi connectivity index (χ0v) is 14.8. The van der Waals surface area contributed by atoms with Gasteiger partial charge in [0.15, 0.2) is 0 Å². The number of carboxylic acids is 1. The molecular weight excluding hydrogens is 324 g/mol. The maximum atomic E-state index is 12.1. The van der Waals surface area contributed by atoms with Gasteiger partial charge in [0, 0.05) is 20.0 Å². The van der Waals surface area contributed by atoms with Crippen molar-refractivity contribution < 1.29 is 24.2 Å². The number of nitrogens with one attached hydrogen (secondary N) is 1. The van der Waals surface area contributed by atoms with Crippen LogP contribution in [0.1, 0.15) is 36.5 Å². The Hall–Kier alpha value is -2.12. The molecule has 1 saturated heterocycles. The molecule has 1 aliphatic rings. The van der Waals surface area contributed by atoms with Crippen molar-refractivity contribution in [2.45, 2.75) is 32.3 Å². The summed E-state index contributed by atoms with van der Waals surface area (Å²) >= 11 is 0. The van der Waals surface area contributed by atoms with E-state index in [4.69, 9.17) is 9.47 Å². The highest BCUT2D eigenvalue weighted by atomic mass is 16.6. The van der Waals surface area contributed by atoms with Crippen LogP contribution in [0.15, 0.2) is 18.2 Å². The van der Waals surface area contributed by atoms with Crippen molar-refractivity contribution in [1.29, 1.82) is 0 Å². The minimum absolute atomic E-state index is 0.0541. The van der Waals surface area contributed by atoms with E-state index >= 15 is 0 Å². The van der Waals surface area contributed by atoms with Gasteiger partial charge in [-0.2, -0.15) is 0 Å². The summed E-state index contributed by atoms with van der Waals surface area (Å²) < 4.78 is 11.1. The van der Waals surface area contributed by atoms with Crippen molar-refractivity contribution >= 4 is 23.3 Å². The smallest absolute Gasteiger partial charge is 0.335 e. The van der Waals surface area contributed by atoms with Crippen molar-refractivity contribution in [1.82, 2.24) is 0 Å². The third kappa shape index (κ3) is 5.72. The second-order valence-corrected chi connectivity index (χ2v) is 6.14. The van der Waals surface area contributed by atoms with Crippen molar-refractivity contribution in [3.63, 3.8) is 0 Å². The molecule has 0 aromatic heterocycles. The molecule has 25 heavy (non-hydrogen) atoms. The maximum Gasteiger partial charge on any atom is 0.335 e. The molecule has 0 spiro atoms. The standard InChI is InChI=1S/C18H26N2O5/c1-3-4-5-17(21)19-15-10-13(18(22)23)6-7-16(15)20(2)11-14-12-24-8-9-25-14/h6-7,10,14H,3-5,8-9,11-12H2,1-2H3,(H,19,21)(H,22,23). The Kier molecular flexibility index (Phi) is 7.21. The fourth-order valence-corrected chi connectivity index (χ4v) is 2.70. The lowest BCUT2D eigenvalue weighted by Gasteiger charge is -2.30. The molecule has 1 heterocycles. The number of hydrogen-bond acceptors (Lipinski definition) is 5. The van der Waals surface area contributed by atoms with Gasteiger partial charge in [-0.1, -0.05) is 13.3 Å². The van der Waals surface area contributed by atoms with Crippen LogP contribution in [0, 0.1) is 0 Å². The summed E-state index contributed by atoms with van der Waals surface area (Å²) in [6.45, 7) is 4.30. The lowest BCUT2D eigenvalue weighted by molar-refractivity contribution is -0.116. The van der Waals surface area contributed by atoms with Gasteiger partial charge >= 0.3 is 5.97 Å². The first-order valence-corrected chi connectivity index (χ1v) is 8.59. The summed E-state index contributed by atoms with van der Waals surface area (Å²) in [7, 11) is 1.88. The number of hydrogen-bond donors (Lipinski definition) is 2. The molecule has 2 N–H and O–H groups in total. The first-order chi connectivity index (χ1) is 12.0. The predicted octanol–water partition coefficient (Wildman–Crippen LogP) is 2.37. The molecule has 0 saturated carbocycles. The average molecular weight is 350 g/mol. The predicted molar refractivity (Wildman–Crippen MR) is 95.4 cm³/mol. The lowest BCUT2D eigenvalue weighted by Crippen LogP contribution is -2.38. The highest BCUT2D eigenvalue weighted by molar-refractivity contribution is 5.97. The number of carboxylic acid groups (broad SMARTS) is 1. The fraction of sp³-hybridized carbons (Fsp3) is 0.556. The first-order valence-electron chi connectivity index (χ1n) is 8.59. The summed E-state index contributed by atoms with van der Waals surface area (Å²) in [5.74, 6) is -1.14. The van der Waals surface area contributed by atoms with Gasteiger partial charge < -0.3 is 24.8 Å². The molecule has 1 unspecified atom stereocenters. The highest BCUT2D eigenvalue weighted by Crippen LogP contribution is 2.27. The van der Waals surface area contributed by atoms with Gasteiger partial charge in [-0.05, 0) is 24.6 Å². The summed E-state index contributed by atoms with van der Waals surface area (Å²) in [4.78, 5) is 25.3. The summed E-state index contributed by atoms with van der Waals surface area (Å²) in [5, 5.41) is 12.1. The Bertz CT molecular complexity index is 599. The van der Waals surface area contributed by atoms with Crippen LogP contribution in [0.2, 0.25) is 0 Å². The summed E-state index contributed by atoms with van der Waals surface area (Å²) in [5.41, 5.74) is 1.39. The third-order valence-corrected chi connectivity index (χ3v) is 4.05. The second kappa shape index (κ2) is 9.39. The zero-order valence-electron chi connectivity index (χ0n) is 14.8. The zero-order chi connectivity index (χ0) is 18.2. The molecule has 1 aliphatic heterocycles. The second-order valence-electron chi connectivity index (χ2n) is 6.14. The molecule has 1 aromatic carbocycles. The van der Waals surface area contributed by atoms with Crippen molar-refractivity contribution in [2.75, 3.05) is 43.6 Å². The molecule has 7 heteroatoms. The number of carbonyl (C=O) groups is 2. The van der Waals surface area contributed by atoms with Crippen molar-refractivity contribution in [3.05, 3.63) is 23.8 Å². The number of aromatic carboxylic acids is 1. The molecule has 0 aliphatic carbocycles. The van der Waals surface area contributed by atoms with Crippen LogP contribution in [0.4, 0.5) is 11.4 Å². The Morgan fingerprint density at radius 3 is 2.80 bits per heavy atom. The molecule has 0 bridgehead atoms. The Morgan fingerprint density at radius 2 is 2.16 bits per heavy atom. The van der Waals surface area contributed by atoms with Gasteiger partial charge in [0.05, 0.1) is 42.9 Å². The van der Waals surface area contributed by atoms with E-state index in [1.165, 1.54) is 12.1 Å². The molecule has 1 amide bonds. The molecular formula is C18H26N2O5. The minimum atomic E-state index is -1.03. The normalized spacial score (nSPS) is 17.1. The van der Waals surface area contributed by atoms with Crippen LogP contribution in [0.25, 0.3) is 0 Å². The number of amides is 1. The van der Waals surface area contributed by atoms with E-state index < -0.39 is 5.97 Å². The van der Waals surface area contributed by atoms with Gasteiger partial charge in [-0.3, -0.25) is 4.79 Å². The van der Waals surface area contributed by atoms with Crippen molar-refractivity contribution in [2.24, 2.45) is 0 Å². The average Bonchev–Trinajstić information content (AvgIpc) is 2.60. The van der Waals surface area contributed by atoms with Crippen LogP contribution in [0.5, 0.6) is 0 Å². The van der Waals surface area contributed by atoms with E-state index in [-0.39, 0.29) is 17.6 Å². The first kappa shape index (κ1) is 19.2. The van der Waals surface area contributed by atoms with Gasteiger partial charge in [0.25, 0.3) is 0 Å². The topological polar surface area (TPSA) is 88.1 Å². The van der Waals surface area contributed by atoms with Crippen LogP contribution in [-0.4, -0.2) is 56.5 Å². The maximum absolute atomic E-state index is 12.1. The summed E-state index contributed by atoms with van der Waals surface area (Å²) in [6.07, 6.45) is 2.08. The molecule has 1 aromatic rings. The van der Waals surface area contributed by atoms with Crippen LogP contribution in [0.3, 0.4) is 0 Å². The molecule has 7 nitrogen and oxygen atoms in total. The number of likely N-dealkylation sites (N-methyl/N-ethyl adjacent to an activating group) is 1. The monoisotopic (exact) mass is 350 g/mol.